The van der Waals surface area contributed by atoms with Gasteiger partial charge >= 0.3 is 0 Å². The van der Waals surface area contributed by atoms with Crippen LogP contribution in [0.2, 0.25) is 0 Å². The van der Waals surface area contributed by atoms with E-state index in [0.29, 0.717) is 0 Å². The molecule has 0 N–H and O–H groups in total. The molecule has 0 aromatic rings. The maximum atomic E-state index is 3.79. The molecule has 1 heteroatoms. The van der Waals surface area contributed by atoms with E-state index in [9.17, 15) is 0 Å². The highest BCUT2D eigenvalue weighted by molar-refractivity contribution is 7.80. The largest absolute Gasteiger partial charge is 0.180 e. The first-order valence-corrected chi connectivity index (χ1v) is 5.09. The molecule has 0 bridgehead atoms. The molecule has 0 aliphatic heterocycles. The van der Waals surface area contributed by atoms with Crippen LogP contribution in [0, 0.1) is 5.92 Å². The second kappa shape index (κ2) is 7.46. The van der Waals surface area contributed by atoms with Crippen LogP contribution in [0.25, 0.3) is 0 Å². The molecule has 1 saturated carbocycles. The smallest absolute Gasteiger partial charge is 0.0126 e. The topological polar surface area (TPSA) is 0 Å². The van der Waals surface area contributed by atoms with E-state index >= 15 is 0 Å². The average molecular weight is 160 g/mol. The predicted molar refractivity (Wildman–Crippen MR) is 51.8 cm³/mol. The minimum Gasteiger partial charge on any atom is -0.180 e. The first kappa shape index (κ1) is 10.3. The third kappa shape index (κ3) is 5.16. The molecule has 10 heavy (non-hydrogen) atoms. The van der Waals surface area contributed by atoms with Gasteiger partial charge in [-0.2, -0.15) is 12.6 Å². The molecule has 0 amide bonds. The molecule has 0 spiro atoms. The van der Waals surface area contributed by atoms with E-state index < -0.39 is 0 Å². The lowest BCUT2D eigenvalue weighted by molar-refractivity contribution is 0.531. The van der Waals surface area contributed by atoms with Crippen LogP contribution >= 0.6 is 12.6 Å². The molecule has 1 aliphatic carbocycles. The Morgan fingerprint density at radius 1 is 1.20 bits per heavy atom. The summed E-state index contributed by atoms with van der Waals surface area (Å²) in [5.41, 5.74) is 0. The SMILES string of the molecule is CCC1CCCC1.CCS. The van der Waals surface area contributed by atoms with Crippen molar-refractivity contribution in [3.05, 3.63) is 0 Å². The molecule has 0 aromatic heterocycles. The van der Waals surface area contributed by atoms with Gasteiger partial charge in [-0.1, -0.05) is 46.0 Å². The van der Waals surface area contributed by atoms with E-state index in [-0.39, 0.29) is 0 Å². The Morgan fingerprint density at radius 3 is 1.80 bits per heavy atom. The molecule has 0 saturated heterocycles. The third-order valence-corrected chi connectivity index (χ3v) is 2.05. The molecular weight excluding hydrogens is 140 g/mol. The number of hydrogen-bond donors (Lipinski definition) is 1. The summed E-state index contributed by atoms with van der Waals surface area (Å²) < 4.78 is 0. The molecule has 0 nitrogen and oxygen atoms in total. The molecule has 62 valence electrons. The van der Waals surface area contributed by atoms with Crippen molar-refractivity contribution in [2.75, 3.05) is 5.75 Å². The molecular formula is C9H20S. The fourth-order valence-corrected chi connectivity index (χ4v) is 1.42. The van der Waals surface area contributed by atoms with Gasteiger partial charge in [-0.25, -0.2) is 0 Å². The lowest BCUT2D eigenvalue weighted by Gasteiger charge is -1.99. The molecule has 1 fully saturated rings. The summed E-state index contributed by atoms with van der Waals surface area (Å²) in [5, 5.41) is 0. The van der Waals surface area contributed by atoms with E-state index in [2.05, 4.69) is 19.6 Å². The number of rotatable bonds is 1. The lowest BCUT2D eigenvalue weighted by Crippen LogP contribution is -1.86. The van der Waals surface area contributed by atoms with Crippen molar-refractivity contribution < 1.29 is 0 Å². The van der Waals surface area contributed by atoms with Gasteiger partial charge in [0.15, 0.2) is 0 Å². The van der Waals surface area contributed by atoms with Crippen LogP contribution < -0.4 is 0 Å². The average Bonchev–Trinajstić information content (AvgIpc) is 2.39. The molecule has 0 heterocycles. The highest BCUT2D eigenvalue weighted by Crippen LogP contribution is 2.26. The zero-order valence-corrected chi connectivity index (χ0v) is 8.16. The molecule has 0 aromatic carbocycles. The van der Waals surface area contributed by atoms with E-state index in [4.69, 9.17) is 0 Å². The van der Waals surface area contributed by atoms with E-state index in [0.717, 1.165) is 11.7 Å². The van der Waals surface area contributed by atoms with Gasteiger partial charge in [0, 0.05) is 0 Å². The van der Waals surface area contributed by atoms with Gasteiger partial charge in [-0.15, -0.1) is 0 Å². The van der Waals surface area contributed by atoms with Crippen LogP contribution in [-0.2, 0) is 0 Å². The number of thiol groups is 1. The van der Waals surface area contributed by atoms with Gasteiger partial charge in [-0.05, 0) is 11.7 Å². The maximum absolute atomic E-state index is 3.79. The van der Waals surface area contributed by atoms with Crippen LogP contribution in [0.1, 0.15) is 46.0 Å². The van der Waals surface area contributed by atoms with Crippen molar-refractivity contribution in [3.8, 4) is 0 Å². The Bertz CT molecular complexity index is 55.7. The highest BCUT2D eigenvalue weighted by Gasteiger charge is 2.11. The summed E-state index contributed by atoms with van der Waals surface area (Å²) in [6.07, 6.45) is 7.43. The normalized spacial score (nSPS) is 18.3. The fraction of sp³-hybridized carbons (Fsp3) is 1.00. The summed E-state index contributed by atoms with van der Waals surface area (Å²) >= 11 is 3.79. The highest BCUT2D eigenvalue weighted by atomic mass is 32.1. The molecule has 0 atom stereocenters. The van der Waals surface area contributed by atoms with Gasteiger partial charge in [0.2, 0.25) is 0 Å². The van der Waals surface area contributed by atoms with Gasteiger partial charge in [0.25, 0.3) is 0 Å². The van der Waals surface area contributed by atoms with Crippen molar-refractivity contribution >= 4 is 12.6 Å². The van der Waals surface area contributed by atoms with Crippen LogP contribution in [0.4, 0.5) is 0 Å². The third-order valence-electron chi connectivity index (χ3n) is 2.05. The zero-order chi connectivity index (χ0) is 7.82. The monoisotopic (exact) mass is 160 g/mol. The van der Waals surface area contributed by atoms with Crippen molar-refractivity contribution in [1.82, 2.24) is 0 Å². The molecule has 0 radical (unpaired) electrons. The second-order valence-electron chi connectivity index (χ2n) is 2.87. The summed E-state index contributed by atoms with van der Waals surface area (Å²) in [7, 11) is 0. The van der Waals surface area contributed by atoms with Crippen molar-refractivity contribution in [3.63, 3.8) is 0 Å². The van der Waals surface area contributed by atoms with Crippen molar-refractivity contribution in [2.45, 2.75) is 46.0 Å². The van der Waals surface area contributed by atoms with Crippen LogP contribution in [0.5, 0.6) is 0 Å². The summed E-state index contributed by atoms with van der Waals surface area (Å²) in [5.74, 6) is 2.04. The summed E-state index contributed by atoms with van der Waals surface area (Å²) in [4.78, 5) is 0. The fourth-order valence-electron chi connectivity index (χ4n) is 1.42. The number of hydrogen-bond acceptors (Lipinski definition) is 1. The van der Waals surface area contributed by atoms with E-state index in [1.165, 1.54) is 32.1 Å². The van der Waals surface area contributed by atoms with Crippen LogP contribution in [0.3, 0.4) is 0 Å². The molecule has 1 aliphatic rings. The zero-order valence-electron chi connectivity index (χ0n) is 7.27. The van der Waals surface area contributed by atoms with Crippen LogP contribution in [-0.4, -0.2) is 5.75 Å². The van der Waals surface area contributed by atoms with Crippen molar-refractivity contribution in [1.29, 1.82) is 0 Å². The van der Waals surface area contributed by atoms with E-state index in [1.807, 2.05) is 6.92 Å². The van der Waals surface area contributed by atoms with Gasteiger partial charge in [0.1, 0.15) is 0 Å². The first-order valence-electron chi connectivity index (χ1n) is 4.46. The summed E-state index contributed by atoms with van der Waals surface area (Å²) in [6, 6.07) is 0. The maximum Gasteiger partial charge on any atom is -0.0126 e. The van der Waals surface area contributed by atoms with Gasteiger partial charge in [-0.3, -0.25) is 0 Å². The summed E-state index contributed by atoms with van der Waals surface area (Å²) in [6.45, 7) is 4.29. The Balaban J connectivity index is 0.000000236. The molecule has 0 unspecified atom stereocenters. The Kier molecular flexibility index (Phi) is 7.72. The first-order chi connectivity index (χ1) is 4.85. The quantitative estimate of drug-likeness (QED) is 0.557. The Hall–Kier alpha value is 0.350. The lowest BCUT2D eigenvalue weighted by atomic mass is 10.1. The van der Waals surface area contributed by atoms with E-state index in [1.54, 1.807) is 0 Å². The van der Waals surface area contributed by atoms with Crippen LogP contribution in [0.15, 0.2) is 0 Å². The van der Waals surface area contributed by atoms with Gasteiger partial charge < -0.3 is 0 Å². The minimum absolute atomic E-state index is 0.944. The Morgan fingerprint density at radius 2 is 1.60 bits per heavy atom. The molecule has 1 rings (SSSR count). The second-order valence-corrected chi connectivity index (χ2v) is 3.51. The Labute approximate surface area is 70.8 Å². The van der Waals surface area contributed by atoms with Gasteiger partial charge in [0.05, 0.1) is 0 Å². The standard InChI is InChI=1S/C7H14.C2H6S/c1-2-7-5-3-4-6-7;1-2-3/h7H,2-6H2,1H3;3H,2H2,1H3. The predicted octanol–water partition coefficient (Wildman–Crippen LogP) is 3.52. The van der Waals surface area contributed by atoms with Crippen molar-refractivity contribution in [2.24, 2.45) is 5.92 Å². The minimum atomic E-state index is 0.944.